The second kappa shape index (κ2) is 17.4. The Bertz CT molecular complexity index is 3960. The maximum atomic E-state index is 2.44. The lowest BCUT2D eigenvalue weighted by atomic mass is 10.00. The number of benzene rings is 12. The van der Waals surface area contributed by atoms with Crippen molar-refractivity contribution in [1.82, 2.24) is 4.57 Å². The summed E-state index contributed by atoms with van der Waals surface area (Å²) >= 11 is 0. The van der Waals surface area contributed by atoms with Crippen molar-refractivity contribution in [3.05, 3.63) is 279 Å². The predicted molar refractivity (Wildman–Crippen MR) is 297 cm³/mol. The maximum Gasteiger partial charge on any atom is 0.0541 e. The van der Waals surface area contributed by atoms with Gasteiger partial charge in [0.05, 0.1) is 39.5 Å². The van der Waals surface area contributed by atoms with Crippen molar-refractivity contribution in [2.45, 2.75) is 0 Å². The Labute approximate surface area is 407 Å². The lowest BCUT2D eigenvalue weighted by molar-refractivity contribution is 1.17. The van der Waals surface area contributed by atoms with Gasteiger partial charge in [-0.2, -0.15) is 0 Å². The Kier molecular flexibility index (Phi) is 10.1. The molecule has 4 heteroatoms. The average molecular weight is 895 g/mol. The molecule has 0 aliphatic rings. The van der Waals surface area contributed by atoms with Crippen LogP contribution in [0.15, 0.2) is 279 Å². The van der Waals surface area contributed by atoms with E-state index in [0.717, 1.165) is 78.4 Å². The summed E-state index contributed by atoms with van der Waals surface area (Å²) in [5, 5.41) is 9.49. The molecule has 0 atom stereocenters. The molecule has 70 heavy (non-hydrogen) atoms. The third-order valence-corrected chi connectivity index (χ3v) is 13.7. The molecule has 0 fully saturated rings. The highest BCUT2D eigenvalue weighted by Crippen LogP contribution is 2.49. The summed E-state index contributed by atoms with van der Waals surface area (Å²) < 4.78 is 2.38. The third kappa shape index (κ3) is 6.93. The second-order valence-electron chi connectivity index (χ2n) is 17.7. The molecule has 0 aliphatic carbocycles. The van der Waals surface area contributed by atoms with E-state index in [-0.39, 0.29) is 0 Å². The fourth-order valence-electron chi connectivity index (χ4n) is 10.6. The fraction of sp³-hybridized carbons (Fsp3) is 0. The molecule has 1 aromatic heterocycles. The Hall–Kier alpha value is -9.38. The molecule has 0 aliphatic heterocycles. The first-order valence-corrected chi connectivity index (χ1v) is 23.9. The van der Waals surface area contributed by atoms with Gasteiger partial charge in [-0.25, -0.2) is 0 Å². The monoisotopic (exact) mass is 894 g/mol. The van der Waals surface area contributed by atoms with Crippen molar-refractivity contribution in [1.29, 1.82) is 0 Å². The van der Waals surface area contributed by atoms with Gasteiger partial charge in [-0.15, -0.1) is 0 Å². The van der Waals surface area contributed by atoms with Gasteiger partial charge >= 0.3 is 0 Å². The van der Waals surface area contributed by atoms with E-state index in [1.54, 1.807) is 0 Å². The van der Waals surface area contributed by atoms with E-state index in [1.165, 1.54) is 32.6 Å². The average Bonchev–Trinajstić information content (AvgIpc) is 3.77. The minimum absolute atomic E-state index is 1.07. The third-order valence-electron chi connectivity index (χ3n) is 13.7. The van der Waals surface area contributed by atoms with Gasteiger partial charge in [-0.1, -0.05) is 176 Å². The molecule has 0 bridgehead atoms. The van der Waals surface area contributed by atoms with Crippen LogP contribution in [0.3, 0.4) is 0 Å². The fourth-order valence-corrected chi connectivity index (χ4v) is 10.6. The molecular weight excluding hydrogens is 849 g/mol. The Morgan fingerprint density at radius 3 is 0.971 bits per heavy atom. The predicted octanol–water partition coefficient (Wildman–Crippen LogP) is 18.7. The van der Waals surface area contributed by atoms with E-state index in [2.05, 4.69) is 298 Å². The Morgan fingerprint density at radius 2 is 0.514 bits per heavy atom. The molecule has 4 nitrogen and oxygen atoms in total. The van der Waals surface area contributed by atoms with Gasteiger partial charge in [0.2, 0.25) is 0 Å². The number of aromatic nitrogens is 1. The van der Waals surface area contributed by atoms with E-state index in [1.807, 2.05) is 0 Å². The molecule has 0 amide bonds. The molecule has 0 radical (unpaired) electrons. The van der Waals surface area contributed by atoms with E-state index < -0.39 is 0 Å². The highest BCUT2D eigenvalue weighted by atomic mass is 15.2. The quantitative estimate of drug-likeness (QED) is 0.136. The van der Waals surface area contributed by atoms with Crippen LogP contribution in [0, 0.1) is 0 Å². The van der Waals surface area contributed by atoms with Crippen LogP contribution < -0.4 is 14.7 Å². The number of fused-ring (bicyclic) bond motifs is 6. The summed E-state index contributed by atoms with van der Waals surface area (Å²) in [6.45, 7) is 0. The van der Waals surface area contributed by atoms with Gasteiger partial charge in [0.15, 0.2) is 0 Å². The number of hydrogen-bond donors (Lipinski definition) is 0. The Morgan fingerprint density at radius 1 is 0.200 bits per heavy atom. The molecule has 0 spiro atoms. The van der Waals surface area contributed by atoms with E-state index in [0.29, 0.717) is 0 Å². The van der Waals surface area contributed by atoms with Crippen LogP contribution in [-0.4, -0.2) is 4.57 Å². The standard InChI is InChI=1S/C66H46N4/c1-4-23-48(24-5-1)67(51-39-41-52(42-40-51)70-61-36-18-16-34-54(61)55-35-17-19-37-62(55)70)63-43-44-65(57-31-13-12-30-56(57)63)69(50-27-8-3-9-28-50)66-46-45-64(58-32-14-15-33-59(58)66)68(49-25-6-2-7-26-49)60-38-20-22-47-21-10-11-29-53(47)60/h1-46H. The summed E-state index contributed by atoms with van der Waals surface area (Å²) in [6.07, 6.45) is 0. The van der Waals surface area contributed by atoms with Crippen LogP contribution in [0.1, 0.15) is 0 Å². The molecule has 0 N–H and O–H groups in total. The van der Waals surface area contributed by atoms with Crippen LogP contribution in [0.25, 0.3) is 59.8 Å². The minimum Gasteiger partial charge on any atom is -0.310 e. The molecule has 330 valence electrons. The number of hydrogen-bond acceptors (Lipinski definition) is 3. The van der Waals surface area contributed by atoms with Gasteiger partial charge in [0.1, 0.15) is 0 Å². The Balaban J connectivity index is 0.978. The molecular formula is C66H46N4. The van der Waals surface area contributed by atoms with Crippen molar-refractivity contribution >= 4 is 105 Å². The molecule has 13 aromatic rings. The summed E-state index contributed by atoms with van der Waals surface area (Å²) in [4.78, 5) is 7.25. The first-order valence-electron chi connectivity index (χ1n) is 23.9. The smallest absolute Gasteiger partial charge is 0.0541 e. The molecule has 1 heterocycles. The van der Waals surface area contributed by atoms with Crippen molar-refractivity contribution in [3.63, 3.8) is 0 Å². The first-order chi connectivity index (χ1) is 34.8. The number of anilines is 9. The molecule has 13 rings (SSSR count). The first kappa shape index (κ1) is 40.9. The molecule has 0 unspecified atom stereocenters. The van der Waals surface area contributed by atoms with Crippen molar-refractivity contribution in [2.75, 3.05) is 14.7 Å². The van der Waals surface area contributed by atoms with Gasteiger partial charge in [-0.05, 0) is 109 Å². The highest BCUT2D eigenvalue weighted by molar-refractivity contribution is 6.13. The van der Waals surface area contributed by atoms with E-state index in [9.17, 15) is 0 Å². The summed E-state index contributed by atoms with van der Waals surface area (Å²) in [5.41, 5.74) is 13.4. The van der Waals surface area contributed by atoms with Gasteiger partial charge in [0, 0.05) is 66.1 Å². The number of nitrogens with zero attached hydrogens (tertiary/aromatic N) is 4. The summed E-state index contributed by atoms with van der Waals surface area (Å²) in [6, 6.07) is 101. The molecule has 0 saturated carbocycles. The second-order valence-corrected chi connectivity index (χ2v) is 17.7. The normalized spacial score (nSPS) is 11.4. The van der Waals surface area contributed by atoms with E-state index in [4.69, 9.17) is 0 Å². The largest absolute Gasteiger partial charge is 0.310 e. The molecule has 12 aromatic carbocycles. The van der Waals surface area contributed by atoms with Gasteiger partial charge in [-0.3, -0.25) is 0 Å². The van der Waals surface area contributed by atoms with Crippen LogP contribution in [-0.2, 0) is 0 Å². The van der Waals surface area contributed by atoms with E-state index >= 15 is 0 Å². The number of para-hydroxylation sites is 5. The minimum atomic E-state index is 1.07. The van der Waals surface area contributed by atoms with Crippen molar-refractivity contribution in [3.8, 4) is 5.69 Å². The summed E-state index contributed by atoms with van der Waals surface area (Å²) in [7, 11) is 0. The number of rotatable bonds is 10. The van der Waals surface area contributed by atoms with Crippen LogP contribution in [0.5, 0.6) is 0 Å². The summed E-state index contributed by atoms with van der Waals surface area (Å²) in [5.74, 6) is 0. The topological polar surface area (TPSA) is 14.7 Å². The zero-order valence-corrected chi connectivity index (χ0v) is 38.3. The van der Waals surface area contributed by atoms with Crippen molar-refractivity contribution < 1.29 is 0 Å². The lowest BCUT2D eigenvalue weighted by Gasteiger charge is -2.32. The SMILES string of the molecule is c1ccc(N(c2ccc(-n3c4ccccc4c4ccccc43)cc2)c2ccc(N(c3ccccc3)c3ccc(N(c4ccccc4)c4cccc5ccccc45)c4ccccc34)c3ccccc23)cc1. The van der Waals surface area contributed by atoms with Crippen LogP contribution >= 0.6 is 0 Å². The van der Waals surface area contributed by atoms with Crippen molar-refractivity contribution in [2.24, 2.45) is 0 Å². The van der Waals surface area contributed by atoms with Crippen LogP contribution in [0.4, 0.5) is 51.2 Å². The van der Waals surface area contributed by atoms with Crippen LogP contribution in [0.2, 0.25) is 0 Å². The molecule has 0 saturated heterocycles. The zero-order valence-electron chi connectivity index (χ0n) is 38.3. The van der Waals surface area contributed by atoms with Gasteiger partial charge < -0.3 is 19.3 Å². The zero-order chi connectivity index (χ0) is 46.4. The maximum absolute atomic E-state index is 2.44. The lowest BCUT2D eigenvalue weighted by Crippen LogP contribution is -2.15. The highest BCUT2D eigenvalue weighted by Gasteiger charge is 2.25. The van der Waals surface area contributed by atoms with Gasteiger partial charge in [0.25, 0.3) is 0 Å².